The van der Waals surface area contributed by atoms with Gasteiger partial charge in [0.15, 0.2) is 0 Å². The van der Waals surface area contributed by atoms with E-state index in [1.54, 1.807) is 0 Å². The average molecular weight is 160 g/mol. The Labute approximate surface area is 67.0 Å². The lowest BCUT2D eigenvalue weighted by Gasteiger charge is -2.01. The predicted molar refractivity (Wildman–Crippen MR) is 43.3 cm³/mol. The molecule has 0 rings (SSSR count). The first-order valence-electron chi connectivity index (χ1n) is 3.83. The van der Waals surface area contributed by atoms with Gasteiger partial charge in [-0.1, -0.05) is 0 Å². The molecule has 1 amide bonds. The minimum atomic E-state index is 0.00861. The van der Waals surface area contributed by atoms with Gasteiger partial charge in [0.25, 0.3) is 0 Å². The van der Waals surface area contributed by atoms with Crippen LogP contribution >= 0.6 is 0 Å². The molecule has 0 saturated carbocycles. The third-order valence-electron chi connectivity index (χ3n) is 1.26. The van der Waals surface area contributed by atoms with Crippen LogP contribution in [0.1, 0.15) is 12.8 Å². The zero-order valence-corrected chi connectivity index (χ0v) is 6.89. The number of carbonyl (C=O) groups is 1. The Morgan fingerprint density at radius 3 is 2.73 bits per heavy atom. The monoisotopic (exact) mass is 160 g/mol. The van der Waals surface area contributed by atoms with Crippen LogP contribution in [-0.4, -0.2) is 37.8 Å². The van der Waals surface area contributed by atoms with E-state index in [1.165, 1.54) is 0 Å². The summed E-state index contributed by atoms with van der Waals surface area (Å²) in [7, 11) is 1.85. The molecule has 0 aliphatic rings. The molecule has 0 aliphatic heterocycles. The molecule has 0 saturated heterocycles. The average Bonchev–Trinajstić information content (AvgIpc) is 2.01. The quantitative estimate of drug-likeness (QED) is 0.441. The molecule has 0 heterocycles. The molecule has 66 valence electrons. The van der Waals surface area contributed by atoms with E-state index in [4.69, 9.17) is 5.11 Å². The molecule has 0 radical (unpaired) electrons. The molecule has 0 aliphatic carbocycles. The number of hydrogen-bond donors (Lipinski definition) is 3. The van der Waals surface area contributed by atoms with Crippen LogP contribution in [0.5, 0.6) is 0 Å². The number of carbonyl (C=O) groups excluding carboxylic acids is 1. The van der Waals surface area contributed by atoms with Crippen molar-refractivity contribution >= 4 is 5.91 Å². The fourth-order valence-corrected chi connectivity index (χ4v) is 0.709. The van der Waals surface area contributed by atoms with Crippen LogP contribution in [0.4, 0.5) is 0 Å². The summed E-state index contributed by atoms with van der Waals surface area (Å²) >= 11 is 0. The summed E-state index contributed by atoms with van der Waals surface area (Å²) < 4.78 is 0. The summed E-state index contributed by atoms with van der Waals surface area (Å²) in [5.74, 6) is 0.00861. The smallest absolute Gasteiger partial charge is 0.220 e. The van der Waals surface area contributed by atoms with Gasteiger partial charge in [-0.25, -0.2) is 0 Å². The highest BCUT2D eigenvalue weighted by Gasteiger charge is 1.97. The van der Waals surface area contributed by atoms with E-state index in [0.29, 0.717) is 13.0 Å². The molecule has 0 unspecified atom stereocenters. The summed E-state index contributed by atoms with van der Waals surface area (Å²) in [6, 6.07) is 0. The molecule has 0 aromatic carbocycles. The zero-order valence-electron chi connectivity index (χ0n) is 6.89. The van der Waals surface area contributed by atoms with Crippen molar-refractivity contribution in [2.75, 3.05) is 26.7 Å². The first-order chi connectivity index (χ1) is 5.31. The Hall–Kier alpha value is -0.610. The largest absolute Gasteiger partial charge is 0.395 e. The Morgan fingerprint density at radius 2 is 2.18 bits per heavy atom. The third kappa shape index (κ3) is 7.29. The van der Waals surface area contributed by atoms with Crippen LogP contribution in [0.3, 0.4) is 0 Å². The van der Waals surface area contributed by atoms with E-state index in [9.17, 15) is 4.79 Å². The maximum Gasteiger partial charge on any atom is 0.220 e. The minimum Gasteiger partial charge on any atom is -0.395 e. The number of rotatable bonds is 6. The maximum absolute atomic E-state index is 10.8. The Balaban J connectivity index is 3.09. The van der Waals surface area contributed by atoms with Gasteiger partial charge in [-0.3, -0.25) is 4.79 Å². The molecule has 0 aromatic heterocycles. The third-order valence-corrected chi connectivity index (χ3v) is 1.26. The first-order valence-corrected chi connectivity index (χ1v) is 3.83. The lowest BCUT2D eigenvalue weighted by Crippen LogP contribution is -2.26. The Kier molecular flexibility index (Phi) is 7.08. The zero-order chi connectivity index (χ0) is 8.53. The maximum atomic E-state index is 10.8. The standard InChI is InChI=1S/C7H16N2O2/c1-8-4-2-3-7(11)9-5-6-10/h8,10H,2-6H2,1H3,(H,9,11). The van der Waals surface area contributed by atoms with Gasteiger partial charge in [0.1, 0.15) is 0 Å². The van der Waals surface area contributed by atoms with Crippen molar-refractivity contribution in [3.63, 3.8) is 0 Å². The van der Waals surface area contributed by atoms with E-state index >= 15 is 0 Å². The second-order valence-electron chi connectivity index (χ2n) is 2.28. The molecule has 0 atom stereocenters. The number of amides is 1. The van der Waals surface area contributed by atoms with Crippen LogP contribution < -0.4 is 10.6 Å². The topological polar surface area (TPSA) is 61.4 Å². The van der Waals surface area contributed by atoms with E-state index in [1.807, 2.05) is 7.05 Å². The number of hydrogen-bond acceptors (Lipinski definition) is 3. The molecule has 4 heteroatoms. The summed E-state index contributed by atoms with van der Waals surface area (Å²) in [4.78, 5) is 10.8. The fraction of sp³-hybridized carbons (Fsp3) is 0.857. The first kappa shape index (κ1) is 10.4. The van der Waals surface area contributed by atoms with Gasteiger partial charge in [-0.2, -0.15) is 0 Å². The summed E-state index contributed by atoms with van der Waals surface area (Å²) in [6.45, 7) is 1.22. The Bertz CT molecular complexity index is 107. The van der Waals surface area contributed by atoms with Gasteiger partial charge in [0.2, 0.25) is 5.91 Å². The fourth-order valence-electron chi connectivity index (χ4n) is 0.709. The lowest BCUT2D eigenvalue weighted by molar-refractivity contribution is -0.121. The normalized spacial score (nSPS) is 9.64. The van der Waals surface area contributed by atoms with Crippen molar-refractivity contribution in [2.45, 2.75) is 12.8 Å². The van der Waals surface area contributed by atoms with E-state index in [-0.39, 0.29) is 12.5 Å². The van der Waals surface area contributed by atoms with Crippen molar-refractivity contribution in [3.05, 3.63) is 0 Å². The highest BCUT2D eigenvalue weighted by Crippen LogP contribution is 1.85. The highest BCUT2D eigenvalue weighted by molar-refractivity contribution is 5.75. The summed E-state index contributed by atoms with van der Waals surface area (Å²) in [5.41, 5.74) is 0. The van der Waals surface area contributed by atoms with Gasteiger partial charge in [-0.15, -0.1) is 0 Å². The van der Waals surface area contributed by atoms with Crippen LogP contribution in [0.2, 0.25) is 0 Å². The van der Waals surface area contributed by atoms with E-state index in [0.717, 1.165) is 13.0 Å². The van der Waals surface area contributed by atoms with Gasteiger partial charge in [0.05, 0.1) is 6.61 Å². The molecular formula is C7H16N2O2. The van der Waals surface area contributed by atoms with Crippen molar-refractivity contribution in [1.29, 1.82) is 0 Å². The van der Waals surface area contributed by atoms with Gasteiger partial charge < -0.3 is 15.7 Å². The van der Waals surface area contributed by atoms with Crippen LogP contribution in [-0.2, 0) is 4.79 Å². The molecule has 0 aromatic rings. The minimum absolute atomic E-state index is 0.00861. The summed E-state index contributed by atoms with van der Waals surface area (Å²) in [5, 5.41) is 13.9. The van der Waals surface area contributed by atoms with Crippen molar-refractivity contribution < 1.29 is 9.90 Å². The highest BCUT2D eigenvalue weighted by atomic mass is 16.3. The number of aliphatic hydroxyl groups is 1. The Morgan fingerprint density at radius 1 is 1.45 bits per heavy atom. The van der Waals surface area contributed by atoms with Crippen molar-refractivity contribution in [2.24, 2.45) is 0 Å². The van der Waals surface area contributed by atoms with Crippen LogP contribution in [0.25, 0.3) is 0 Å². The van der Waals surface area contributed by atoms with Crippen molar-refractivity contribution in [3.8, 4) is 0 Å². The van der Waals surface area contributed by atoms with E-state index < -0.39 is 0 Å². The molecule has 3 N–H and O–H groups in total. The van der Waals surface area contributed by atoms with Gasteiger partial charge in [-0.05, 0) is 20.0 Å². The molecule has 4 nitrogen and oxygen atoms in total. The molecule has 0 bridgehead atoms. The number of aliphatic hydroxyl groups excluding tert-OH is 1. The van der Waals surface area contributed by atoms with Crippen LogP contribution in [0, 0.1) is 0 Å². The molecule has 0 fully saturated rings. The van der Waals surface area contributed by atoms with Crippen molar-refractivity contribution in [1.82, 2.24) is 10.6 Å². The van der Waals surface area contributed by atoms with Gasteiger partial charge >= 0.3 is 0 Å². The lowest BCUT2D eigenvalue weighted by atomic mass is 10.3. The summed E-state index contributed by atoms with van der Waals surface area (Å²) in [6.07, 6.45) is 1.37. The second-order valence-corrected chi connectivity index (χ2v) is 2.28. The van der Waals surface area contributed by atoms with Crippen LogP contribution in [0.15, 0.2) is 0 Å². The van der Waals surface area contributed by atoms with Gasteiger partial charge in [0, 0.05) is 13.0 Å². The molecular weight excluding hydrogens is 144 g/mol. The molecule has 11 heavy (non-hydrogen) atoms. The predicted octanol–water partition coefficient (Wildman–Crippen LogP) is -0.905. The SMILES string of the molecule is CNCCCC(=O)NCCO. The number of nitrogens with one attached hydrogen (secondary N) is 2. The second kappa shape index (κ2) is 7.50. The molecule has 0 spiro atoms. The van der Waals surface area contributed by atoms with E-state index in [2.05, 4.69) is 10.6 Å².